The number of allylic oxidation sites excluding steroid dienone is 10. The molecule has 4 aliphatic carbocycles. The van der Waals surface area contributed by atoms with E-state index in [0.29, 0.717) is 0 Å². The molecule has 55 heavy (non-hydrogen) atoms. The number of ether oxygens (including phenoxy) is 1. The molecule has 11 rings (SSSR count). The Morgan fingerprint density at radius 2 is 1.45 bits per heavy atom. The lowest BCUT2D eigenvalue weighted by molar-refractivity contribution is 0.203. The highest BCUT2D eigenvalue weighted by atomic mass is 16.5. The van der Waals surface area contributed by atoms with E-state index in [-0.39, 0.29) is 11.5 Å². The van der Waals surface area contributed by atoms with Crippen LogP contribution in [0.3, 0.4) is 0 Å². The monoisotopic (exact) mass is 708 g/mol. The van der Waals surface area contributed by atoms with Gasteiger partial charge in [-0.1, -0.05) is 152 Å². The third kappa shape index (κ3) is 5.07. The molecule has 2 unspecified atom stereocenters. The van der Waals surface area contributed by atoms with Gasteiger partial charge < -0.3 is 9.72 Å². The molecule has 0 saturated carbocycles. The Labute approximate surface area is 322 Å². The van der Waals surface area contributed by atoms with Crippen LogP contribution < -0.4 is 4.74 Å². The fourth-order valence-corrected chi connectivity index (χ4v) is 9.77. The number of rotatable bonds is 5. The largest absolute Gasteiger partial charge is 0.485 e. The van der Waals surface area contributed by atoms with Crippen LogP contribution in [0.1, 0.15) is 60.2 Å². The average Bonchev–Trinajstić information content (AvgIpc) is 3.84. The van der Waals surface area contributed by atoms with Gasteiger partial charge >= 0.3 is 0 Å². The summed E-state index contributed by atoms with van der Waals surface area (Å²) in [5, 5.41) is 0. The normalized spacial score (nSPS) is 20.5. The first kappa shape index (κ1) is 32.0. The van der Waals surface area contributed by atoms with E-state index < -0.39 is 0 Å². The molecule has 5 aliphatic rings. The number of aromatic nitrogens is 2. The van der Waals surface area contributed by atoms with Crippen LogP contribution in [0.4, 0.5) is 0 Å². The van der Waals surface area contributed by atoms with Crippen LogP contribution in [-0.2, 0) is 5.41 Å². The van der Waals surface area contributed by atoms with Crippen LogP contribution in [0.2, 0.25) is 0 Å². The van der Waals surface area contributed by atoms with E-state index >= 15 is 0 Å². The first-order valence-corrected chi connectivity index (χ1v) is 19.7. The number of nitrogens with zero attached hydrogens (tertiary/aromatic N) is 1. The van der Waals surface area contributed by atoms with Gasteiger partial charge in [-0.25, -0.2) is 4.98 Å². The number of imidazole rings is 1. The predicted octanol–water partition coefficient (Wildman–Crippen LogP) is 12.7. The smallest absolute Gasteiger partial charge is 0.134 e. The number of hydrogen-bond donors (Lipinski definition) is 1. The highest BCUT2D eigenvalue weighted by Crippen LogP contribution is 2.62. The van der Waals surface area contributed by atoms with Gasteiger partial charge in [0.2, 0.25) is 0 Å². The molecular formula is C52H40N2O. The molecule has 1 aromatic heterocycles. The molecule has 6 aromatic rings. The molecule has 5 aromatic carbocycles. The Balaban J connectivity index is 1.02. The second-order valence-corrected chi connectivity index (χ2v) is 15.2. The van der Waals surface area contributed by atoms with E-state index in [0.717, 1.165) is 77.3 Å². The molecule has 0 fully saturated rings. The minimum Gasteiger partial charge on any atom is -0.485 e. The van der Waals surface area contributed by atoms with Crippen molar-refractivity contribution in [3.63, 3.8) is 0 Å². The Bertz CT molecular complexity index is 2700. The highest BCUT2D eigenvalue weighted by Gasteiger charge is 2.54. The van der Waals surface area contributed by atoms with Gasteiger partial charge in [-0.3, -0.25) is 0 Å². The molecule has 2 heterocycles. The second-order valence-electron chi connectivity index (χ2n) is 15.2. The summed E-state index contributed by atoms with van der Waals surface area (Å²) in [5.41, 5.74) is 18.2. The zero-order valence-corrected chi connectivity index (χ0v) is 30.6. The van der Waals surface area contributed by atoms with Gasteiger partial charge in [0, 0.05) is 23.1 Å². The van der Waals surface area contributed by atoms with Crippen molar-refractivity contribution in [3.05, 3.63) is 209 Å². The lowest BCUT2D eigenvalue weighted by atomic mass is 9.61. The summed E-state index contributed by atoms with van der Waals surface area (Å²) in [4.78, 5) is 9.14. The van der Waals surface area contributed by atoms with E-state index in [1.54, 1.807) is 0 Å². The summed E-state index contributed by atoms with van der Waals surface area (Å²) >= 11 is 0. The predicted molar refractivity (Wildman–Crippen MR) is 225 cm³/mol. The van der Waals surface area contributed by atoms with Crippen molar-refractivity contribution >= 4 is 16.7 Å². The van der Waals surface area contributed by atoms with Crippen LogP contribution in [-0.4, -0.2) is 16.1 Å². The maximum atomic E-state index is 6.99. The van der Waals surface area contributed by atoms with Crippen LogP contribution in [0.15, 0.2) is 181 Å². The van der Waals surface area contributed by atoms with E-state index in [4.69, 9.17) is 9.72 Å². The number of benzene rings is 5. The standard InChI is InChI=1S/C52H40N2O/c1-3-15-34(16-4-1)36-19-14-22-40(32-36)51-53-49(35-17-5-2-6-18-35)50(54-51)39-21-13-20-37(31-39)38-29-30-46-48(33-38)55-47-28-12-11-27-45(47)52(46)43-25-9-7-23-41(43)42-24-8-10-26-44(42)52/h1-9,11-13,15-21,23-25,27,29-33,47H,10,14,22,26,28H2,(H,53,54). The molecule has 3 nitrogen and oxygen atoms in total. The summed E-state index contributed by atoms with van der Waals surface area (Å²) in [5.74, 6) is 1.92. The summed E-state index contributed by atoms with van der Waals surface area (Å²) in [6.07, 6.45) is 21.1. The van der Waals surface area contributed by atoms with E-state index in [1.807, 2.05) is 0 Å². The molecule has 1 spiro atoms. The van der Waals surface area contributed by atoms with Crippen molar-refractivity contribution in [1.82, 2.24) is 9.97 Å². The molecule has 264 valence electrons. The van der Waals surface area contributed by atoms with Gasteiger partial charge in [-0.2, -0.15) is 0 Å². The van der Waals surface area contributed by atoms with Crippen molar-refractivity contribution in [2.75, 3.05) is 0 Å². The van der Waals surface area contributed by atoms with Crippen LogP contribution in [0.25, 0.3) is 50.4 Å². The average molecular weight is 709 g/mol. The number of hydrogen-bond acceptors (Lipinski definition) is 2. The third-order valence-electron chi connectivity index (χ3n) is 12.2. The molecule has 0 radical (unpaired) electrons. The molecule has 1 aliphatic heterocycles. The third-order valence-corrected chi connectivity index (χ3v) is 12.2. The number of fused-ring (bicyclic) bond motifs is 8. The first-order chi connectivity index (χ1) is 27.3. The van der Waals surface area contributed by atoms with E-state index in [2.05, 4.69) is 175 Å². The summed E-state index contributed by atoms with van der Waals surface area (Å²) < 4.78 is 6.99. The Morgan fingerprint density at radius 3 is 2.35 bits per heavy atom. The van der Waals surface area contributed by atoms with Gasteiger partial charge in [0.25, 0.3) is 0 Å². The van der Waals surface area contributed by atoms with Gasteiger partial charge in [-0.15, -0.1) is 0 Å². The van der Waals surface area contributed by atoms with Crippen molar-refractivity contribution in [2.24, 2.45) is 0 Å². The Morgan fingerprint density at radius 1 is 0.673 bits per heavy atom. The lowest BCUT2D eigenvalue weighted by Crippen LogP contribution is -2.43. The van der Waals surface area contributed by atoms with Crippen molar-refractivity contribution in [1.29, 1.82) is 0 Å². The van der Waals surface area contributed by atoms with E-state index in [9.17, 15) is 0 Å². The number of nitrogens with one attached hydrogen (secondary N) is 1. The SMILES string of the molecule is C1=CCC2Oc3cc(-c4cccc(-c5nc(C6=CC(c7ccccc7)=CCC6)[nH]c5-c5ccccc5)c4)ccc3C3(C2=C1)C1=C(C=CCC1)c1ccccc13. The van der Waals surface area contributed by atoms with Gasteiger partial charge in [0.1, 0.15) is 17.7 Å². The number of aromatic amines is 1. The minimum absolute atomic E-state index is 0.00727. The fraction of sp³-hybridized carbons (Fsp3) is 0.135. The Kier molecular flexibility index (Phi) is 7.48. The zero-order valence-electron chi connectivity index (χ0n) is 30.6. The van der Waals surface area contributed by atoms with Crippen LogP contribution in [0, 0.1) is 0 Å². The van der Waals surface area contributed by atoms with Crippen molar-refractivity contribution in [3.8, 4) is 39.4 Å². The van der Waals surface area contributed by atoms with Gasteiger partial charge in [0.05, 0.1) is 16.8 Å². The molecule has 0 amide bonds. The molecule has 1 N–H and O–H groups in total. The molecular weight excluding hydrogens is 669 g/mol. The van der Waals surface area contributed by atoms with E-state index in [1.165, 1.54) is 50.1 Å². The second kappa shape index (κ2) is 12.8. The quantitative estimate of drug-likeness (QED) is 0.194. The summed E-state index contributed by atoms with van der Waals surface area (Å²) in [6.45, 7) is 0. The Hall–Kier alpha value is -6.45. The molecule has 0 saturated heterocycles. The van der Waals surface area contributed by atoms with Gasteiger partial charge in [-0.05, 0) is 99.6 Å². The highest BCUT2D eigenvalue weighted by molar-refractivity contribution is 5.92. The number of H-pyrrole nitrogens is 1. The molecule has 3 heteroatoms. The van der Waals surface area contributed by atoms with Crippen LogP contribution >= 0.6 is 0 Å². The minimum atomic E-state index is -0.320. The first-order valence-electron chi connectivity index (χ1n) is 19.7. The topological polar surface area (TPSA) is 37.9 Å². The maximum absolute atomic E-state index is 6.99. The fourth-order valence-electron chi connectivity index (χ4n) is 9.77. The summed E-state index contributed by atoms with van der Waals surface area (Å²) in [6, 6.07) is 46.1. The molecule has 2 atom stereocenters. The zero-order chi connectivity index (χ0) is 36.3. The van der Waals surface area contributed by atoms with Gasteiger partial charge in [0.15, 0.2) is 0 Å². The van der Waals surface area contributed by atoms with Crippen molar-refractivity contribution in [2.45, 2.75) is 43.6 Å². The van der Waals surface area contributed by atoms with Crippen LogP contribution in [0.5, 0.6) is 5.75 Å². The van der Waals surface area contributed by atoms with Crippen molar-refractivity contribution < 1.29 is 4.74 Å². The molecule has 0 bridgehead atoms. The maximum Gasteiger partial charge on any atom is 0.134 e. The summed E-state index contributed by atoms with van der Waals surface area (Å²) in [7, 11) is 0. The lowest BCUT2D eigenvalue weighted by Gasteiger charge is -2.46.